The summed E-state index contributed by atoms with van der Waals surface area (Å²) in [5, 5.41) is 2.65. The van der Waals surface area contributed by atoms with E-state index in [1.165, 1.54) is 14.0 Å². The fraction of sp³-hybridized carbons (Fsp3) is 0.400. The molecule has 6 nitrogen and oxygen atoms in total. The summed E-state index contributed by atoms with van der Waals surface area (Å²) in [7, 11) is 1.37. The predicted octanol–water partition coefficient (Wildman–Crippen LogP) is -0.328. The van der Waals surface area contributed by atoms with Crippen molar-refractivity contribution >= 4 is 37.1 Å². The summed E-state index contributed by atoms with van der Waals surface area (Å²) in [6.45, 7) is 2.85. The van der Waals surface area contributed by atoms with Gasteiger partial charge in [0.05, 0.1) is 0 Å². The van der Waals surface area contributed by atoms with Crippen molar-refractivity contribution in [3.05, 3.63) is 30.3 Å². The van der Waals surface area contributed by atoms with Gasteiger partial charge in [-0.25, -0.2) is 0 Å². The van der Waals surface area contributed by atoms with Crippen LogP contribution < -0.4 is 9.78 Å². The number of carbonyl (C=O) groups excluding carboxylic acids is 3. The molecule has 3 amide bonds. The number of methoxy groups -OCH3 is 1. The molecular weight excluding hydrogens is 351 g/mol. The topological polar surface area (TPSA) is 75.7 Å². The number of imide groups is 1. The summed E-state index contributed by atoms with van der Waals surface area (Å²) >= 11 is -0.111. The molecule has 1 aromatic rings. The number of hydrogen-bond acceptors (Lipinski definition) is 4. The van der Waals surface area contributed by atoms with Crippen molar-refractivity contribution in [2.45, 2.75) is 24.4 Å². The second-order valence-corrected chi connectivity index (χ2v) is 7.94. The predicted molar refractivity (Wildman–Crippen MR) is 81.5 cm³/mol. The zero-order valence-electron chi connectivity index (χ0n) is 12.7. The van der Waals surface area contributed by atoms with Crippen LogP contribution in [0.1, 0.15) is 13.8 Å². The van der Waals surface area contributed by atoms with E-state index >= 15 is 0 Å². The number of ether oxygens (including phenoxy) is 1. The van der Waals surface area contributed by atoms with E-state index < -0.39 is 23.4 Å². The van der Waals surface area contributed by atoms with Gasteiger partial charge in [-0.3, -0.25) is 0 Å². The Kier molecular flexibility index (Phi) is 5.01. The van der Waals surface area contributed by atoms with Crippen LogP contribution in [0.4, 0.5) is 0 Å². The monoisotopic (exact) mass is 370 g/mol. The van der Waals surface area contributed by atoms with Crippen molar-refractivity contribution in [1.82, 2.24) is 10.2 Å². The number of nitrogens with one attached hydrogen (secondary N) is 1. The molecule has 1 fully saturated rings. The molecule has 0 aliphatic carbocycles. The SMILES string of the molecule is COC1(C(C)[Se]c2ccccc2)NC(=O)CN(C(C)=O)C1=O. The molecule has 0 radical (unpaired) electrons. The Labute approximate surface area is 135 Å². The number of carbonyl (C=O) groups is 3. The fourth-order valence-electron chi connectivity index (χ4n) is 2.34. The van der Waals surface area contributed by atoms with E-state index in [4.69, 9.17) is 4.74 Å². The van der Waals surface area contributed by atoms with E-state index in [0.717, 1.165) is 9.36 Å². The summed E-state index contributed by atoms with van der Waals surface area (Å²) < 4.78 is 6.50. The van der Waals surface area contributed by atoms with Gasteiger partial charge in [-0.15, -0.1) is 0 Å². The normalized spacial score (nSPS) is 23.1. The zero-order chi connectivity index (χ0) is 16.3. The van der Waals surface area contributed by atoms with E-state index in [1.54, 1.807) is 0 Å². The summed E-state index contributed by atoms with van der Waals surface area (Å²) in [6.07, 6.45) is 0. The molecule has 2 atom stereocenters. The first-order valence-electron chi connectivity index (χ1n) is 6.81. The third-order valence-electron chi connectivity index (χ3n) is 3.52. The van der Waals surface area contributed by atoms with Crippen LogP contribution in [0.2, 0.25) is 4.82 Å². The molecule has 1 N–H and O–H groups in total. The second-order valence-electron chi connectivity index (χ2n) is 4.97. The Hall–Kier alpha value is -1.69. The van der Waals surface area contributed by atoms with Gasteiger partial charge in [0.25, 0.3) is 0 Å². The van der Waals surface area contributed by atoms with E-state index in [2.05, 4.69) is 5.32 Å². The molecule has 0 spiro atoms. The number of hydrogen-bond donors (Lipinski definition) is 1. The van der Waals surface area contributed by atoms with E-state index in [9.17, 15) is 14.4 Å². The minimum atomic E-state index is -1.49. The minimum absolute atomic E-state index is 0.111. The van der Waals surface area contributed by atoms with E-state index in [1.807, 2.05) is 37.3 Å². The van der Waals surface area contributed by atoms with Gasteiger partial charge in [-0.05, 0) is 0 Å². The molecule has 1 aliphatic rings. The molecular formula is C15H18N2O4Se. The summed E-state index contributed by atoms with van der Waals surface area (Å²) in [5.74, 6) is -1.36. The standard InChI is InChI=1S/C15H18N2O4Se/c1-10(22-12-7-5-4-6-8-12)15(21-3)14(20)17(11(2)18)9-13(19)16-15/h4-8,10H,9H2,1-3H3,(H,16,19). The summed E-state index contributed by atoms with van der Waals surface area (Å²) in [6, 6.07) is 9.70. The van der Waals surface area contributed by atoms with Crippen LogP contribution in [0.3, 0.4) is 0 Å². The second kappa shape index (κ2) is 6.60. The maximum atomic E-state index is 12.7. The van der Waals surface area contributed by atoms with Gasteiger partial charge >= 0.3 is 135 Å². The molecule has 2 rings (SSSR count). The first-order valence-corrected chi connectivity index (χ1v) is 8.65. The van der Waals surface area contributed by atoms with Gasteiger partial charge < -0.3 is 0 Å². The quantitative estimate of drug-likeness (QED) is 0.738. The first-order chi connectivity index (χ1) is 10.4. The van der Waals surface area contributed by atoms with Gasteiger partial charge in [-0.1, -0.05) is 0 Å². The van der Waals surface area contributed by atoms with Crippen molar-refractivity contribution in [3.8, 4) is 0 Å². The Morgan fingerprint density at radius 1 is 1.36 bits per heavy atom. The van der Waals surface area contributed by atoms with E-state index in [0.29, 0.717) is 0 Å². The van der Waals surface area contributed by atoms with E-state index in [-0.39, 0.29) is 26.3 Å². The molecule has 0 saturated carbocycles. The van der Waals surface area contributed by atoms with Gasteiger partial charge in [0.2, 0.25) is 0 Å². The maximum absolute atomic E-state index is 12.7. The number of nitrogens with zero attached hydrogens (tertiary/aromatic N) is 1. The molecule has 7 heteroatoms. The van der Waals surface area contributed by atoms with Crippen LogP contribution in [0.15, 0.2) is 30.3 Å². The molecule has 1 heterocycles. The first kappa shape index (κ1) is 16.7. The molecule has 22 heavy (non-hydrogen) atoms. The van der Waals surface area contributed by atoms with Crippen molar-refractivity contribution in [3.63, 3.8) is 0 Å². The van der Waals surface area contributed by atoms with Crippen molar-refractivity contribution in [1.29, 1.82) is 0 Å². The molecule has 0 aromatic heterocycles. The van der Waals surface area contributed by atoms with Crippen LogP contribution >= 0.6 is 0 Å². The third kappa shape index (κ3) is 3.06. The van der Waals surface area contributed by atoms with Crippen LogP contribution in [0.25, 0.3) is 0 Å². The fourth-order valence-corrected chi connectivity index (χ4v) is 4.74. The number of piperazine rings is 1. The van der Waals surface area contributed by atoms with Gasteiger partial charge in [-0.2, -0.15) is 0 Å². The molecule has 1 aliphatic heterocycles. The van der Waals surface area contributed by atoms with Crippen molar-refractivity contribution in [2.75, 3.05) is 13.7 Å². The van der Waals surface area contributed by atoms with Gasteiger partial charge in [0.15, 0.2) is 0 Å². The molecule has 1 saturated heterocycles. The Morgan fingerprint density at radius 3 is 2.55 bits per heavy atom. The third-order valence-corrected chi connectivity index (χ3v) is 6.10. The molecule has 118 valence electrons. The van der Waals surface area contributed by atoms with Gasteiger partial charge in [0.1, 0.15) is 0 Å². The number of amides is 3. The van der Waals surface area contributed by atoms with Crippen molar-refractivity contribution in [2.24, 2.45) is 0 Å². The average Bonchev–Trinajstić information content (AvgIpc) is 2.50. The Morgan fingerprint density at radius 2 is 2.00 bits per heavy atom. The van der Waals surface area contributed by atoms with Crippen LogP contribution in [0, 0.1) is 0 Å². The molecule has 1 aromatic carbocycles. The van der Waals surface area contributed by atoms with Crippen LogP contribution in [-0.4, -0.2) is 57.0 Å². The summed E-state index contributed by atoms with van der Waals surface area (Å²) in [5.41, 5.74) is -1.49. The van der Waals surface area contributed by atoms with Crippen LogP contribution in [0.5, 0.6) is 0 Å². The number of benzene rings is 1. The van der Waals surface area contributed by atoms with Gasteiger partial charge in [0, 0.05) is 0 Å². The zero-order valence-corrected chi connectivity index (χ0v) is 14.4. The average molecular weight is 369 g/mol. The Balaban J connectivity index is 2.31. The molecule has 2 unspecified atom stereocenters. The molecule has 0 bridgehead atoms. The Bertz CT molecular complexity index is 592. The number of rotatable bonds is 4. The van der Waals surface area contributed by atoms with Crippen LogP contribution in [-0.2, 0) is 19.1 Å². The summed E-state index contributed by atoms with van der Waals surface area (Å²) in [4.78, 5) is 36.9. The van der Waals surface area contributed by atoms with Crippen molar-refractivity contribution < 1.29 is 19.1 Å².